The number of methoxy groups -OCH3 is 1. The van der Waals surface area contributed by atoms with Crippen molar-refractivity contribution in [3.63, 3.8) is 0 Å². The lowest BCUT2D eigenvalue weighted by Crippen LogP contribution is -2.40. The van der Waals surface area contributed by atoms with Gasteiger partial charge < -0.3 is 14.4 Å². The van der Waals surface area contributed by atoms with Crippen LogP contribution >= 0.6 is 7.75 Å². The fourth-order valence-electron chi connectivity index (χ4n) is 2.24. The summed E-state index contributed by atoms with van der Waals surface area (Å²) in [4.78, 5) is 48.9. The fraction of sp³-hybridized carbons (Fsp3) is 0.500. The van der Waals surface area contributed by atoms with Crippen LogP contribution in [0.15, 0.2) is 27.9 Å². The minimum atomic E-state index is -3.76. The molecule has 0 saturated carbocycles. The van der Waals surface area contributed by atoms with Gasteiger partial charge in [-0.3, -0.25) is 19.1 Å². The molecule has 0 amide bonds. The molecule has 0 saturated heterocycles. The molecule has 2 rings (SSSR count). The van der Waals surface area contributed by atoms with Crippen LogP contribution in [-0.2, 0) is 18.8 Å². The Hall–Kier alpha value is -1.78. The van der Waals surface area contributed by atoms with Gasteiger partial charge in [0.25, 0.3) is 5.56 Å². The molecule has 1 aromatic heterocycles. The lowest BCUT2D eigenvalue weighted by Gasteiger charge is -2.29. The van der Waals surface area contributed by atoms with E-state index in [4.69, 9.17) is 16.8 Å². The standard InChI is InChI=1S/C14H19BN3O7P/c1-8-6-18(14(21)16-12(8)19)11-5-4-10(25-11)7-24-26(15,22)17-9(2)13(20)23-3/h4-6,9-11H,7H2,1-3H3,(H,17,22)(H,16,19,21)/t9-,10-,11+,26?/m0/s1. The Morgan fingerprint density at radius 1 is 1.54 bits per heavy atom. The highest BCUT2D eigenvalue weighted by Crippen LogP contribution is 2.41. The number of rotatable bonds is 7. The average molecular weight is 383 g/mol. The SMILES string of the molecule is [B][P+]([O-])(N[C@@H](C)C(=O)OC)OC[C@@H]1C=C[C@H](n2cc(C)c(=O)[nH]c2=O)O1. The Labute approximate surface area is 151 Å². The topological polar surface area (TPSA) is 135 Å². The summed E-state index contributed by atoms with van der Waals surface area (Å²) >= 11 is 0. The van der Waals surface area contributed by atoms with E-state index in [1.165, 1.54) is 24.8 Å². The number of aromatic amines is 1. The Balaban J connectivity index is 1.93. The maximum atomic E-state index is 12.2. The van der Waals surface area contributed by atoms with Gasteiger partial charge in [-0.05, 0) is 19.9 Å². The Bertz CT molecular complexity index is 806. The summed E-state index contributed by atoms with van der Waals surface area (Å²) in [5, 5.41) is 2.36. The van der Waals surface area contributed by atoms with Gasteiger partial charge >= 0.3 is 19.2 Å². The monoisotopic (exact) mass is 383 g/mol. The third-order valence-corrected chi connectivity index (χ3v) is 4.86. The van der Waals surface area contributed by atoms with Gasteiger partial charge in [0.1, 0.15) is 26.5 Å². The maximum Gasteiger partial charge on any atom is 0.419 e. The maximum absolute atomic E-state index is 12.2. The van der Waals surface area contributed by atoms with Crippen LogP contribution in [0, 0.1) is 6.92 Å². The lowest BCUT2D eigenvalue weighted by atomic mass is 10.3. The van der Waals surface area contributed by atoms with Crippen molar-refractivity contribution in [1.82, 2.24) is 14.6 Å². The van der Waals surface area contributed by atoms with E-state index in [1.807, 2.05) is 0 Å². The molecule has 4 atom stereocenters. The van der Waals surface area contributed by atoms with E-state index in [0.717, 1.165) is 0 Å². The number of ether oxygens (including phenoxy) is 2. The summed E-state index contributed by atoms with van der Waals surface area (Å²) in [6.07, 6.45) is 3.23. The highest BCUT2D eigenvalue weighted by molar-refractivity contribution is 7.86. The third kappa shape index (κ3) is 5.12. The van der Waals surface area contributed by atoms with Crippen molar-refractivity contribution in [1.29, 1.82) is 0 Å². The summed E-state index contributed by atoms with van der Waals surface area (Å²) in [6.45, 7) is 2.83. The number of carbonyl (C=O) groups excluding carboxylic acids is 1. The molecular formula is C14H19BN3O7P. The Morgan fingerprint density at radius 2 is 2.23 bits per heavy atom. The van der Waals surface area contributed by atoms with Gasteiger partial charge in [-0.1, -0.05) is 6.08 Å². The molecule has 0 aromatic carbocycles. The molecule has 0 bridgehead atoms. The summed E-state index contributed by atoms with van der Waals surface area (Å²) in [5.41, 5.74) is -0.730. The third-order valence-electron chi connectivity index (χ3n) is 3.58. The number of nitrogens with zero attached hydrogens (tertiary/aromatic N) is 1. The van der Waals surface area contributed by atoms with Crippen molar-refractivity contribution in [2.24, 2.45) is 0 Å². The normalized spacial score (nSPS) is 22.8. The van der Waals surface area contributed by atoms with Gasteiger partial charge in [0.15, 0.2) is 6.23 Å². The molecule has 0 aliphatic carbocycles. The first-order valence-corrected chi connectivity index (χ1v) is 9.37. The van der Waals surface area contributed by atoms with E-state index in [9.17, 15) is 19.3 Å². The fourth-order valence-corrected chi connectivity index (χ4v) is 3.33. The number of aryl methyl sites for hydroxylation is 1. The number of aromatic nitrogens is 2. The van der Waals surface area contributed by atoms with Crippen LogP contribution in [0.25, 0.3) is 0 Å². The molecule has 12 heteroatoms. The highest BCUT2D eigenvalue weighted by Gasteiger charge is 2.30. The molecule has 1 aliphatic rings. The molecular weight excluding hydrogens is 364 g/mol. The first kappa shape index (κ1) is 20.5. The van der Waals surface area contributed by atoms with E-state index in [1.54, 1.807) is 19.1 Å². The van der Waals surface area contributed by atoms with Gasteiger partial charge in [0.2, 0.25) is 0 Å². The van der Waals surface area contributed by atoms with Gasteiger partial charge in [-0.2, -0.15) is 5.09 Å². The predicted molar refractivity (Wildman–Crippen MR) is 92.3 cm³/mol. The van der Waals surface area contributed by atoms with E-state index < -0.39 is 43.3 Å². The molecule has 140 valence electrons. The molecule has 1 aliphatic heterocycles. The first-order valence-electron chi connectivity index (χ1n) is 7.67. The van der Waals surface area contributed by atoms with Crippen molar-refractivity contribution >= 4 is 21.3 Å². The van der Waals surface area contributed by atoms with Crippen molar-refractivity contribution < 1.29 is 23.7 Å². The number of carbonyl (C=O) groups is 1. The zero-order valence-electron chi connectivity index (χ0n) is 14.5. The number of nitrogens with one attached hydrogen (secondary N) is 2. The van der Waals surface area contributed by atoms with E-state index in [0.29, 0.717) is 5.56 Å². The van der Waals surface area contributed by atoms with Crippen LogP contribution in [0.3, 0.4) is 0 Å². The smallest absolute Gasteiger partial charge is 0.419 e. The molecule has 2 N–H and O–H groups in total. The van der Waals surface area contributed by atoms with E-state index in [-0.39, 0.29) is 6.61 Å². The van der Waals surface area contributed by atoms with E-state index in [2.05, 4.69) is 14.8 Å². The molecule has 26 heavy (non-hydrogen) atoms. The van der Waals surface area contributed by atoms with Crippen LogP contribution in [0.5, 0.6) is 0 Å². The minimum Gasteiger partial charge on any atom is -0.656 e. The summed E-state index contributed by atoms with van der Waals surface area (Å²) < 4.78 is 16.4. The van der Waals surface area contributed by atoms with Gasteiger partial charge in [0.05, 0.1) is 7.11 Å². The zero-order valence-corrected chi connectivity index (χ0v) is 15.4. The molecule has 0 fully saturated rings. The lowest BCUT2D eigenvalue weighted by molar-refractivity contribution is -0.192. The Kier molecular flexibility index (Phi) is 6.54. The molecule has 0 spiro atoms. The van der Waals surface area contributed by atoms with Crippen LogP contribution in [0.2, 0.25) is 0 Å². The van der Waals surface area contributed by atoms with Crippen molar-refractivity contribution in [3.05, 3.63) is 44.8 Å². The second kappa shape index (κ2) is 8.28. The molecule has 10 nitrogen and oxygen atoms in total. The molecule has 1 unspecified atom stereocenters. The summed E-state index contributed by atoms with van der Waals surface area (Å²) in [6, 6.07) is -0.911. The number of hydrogen-bond acceptors (Lipinski definition) is 8. The second-order valence-corrected chi connectivity index (χ2v) is 7.41. The molecule has 2 radical (unpaired) electrons. The van der Waals surface area contributed by atoms with Crippen molar-refractivity contribution in [2.45, 2.75) is 32.2 Å². The van der Waals surface area contributed by atoms with Gasteiger partial charge in [-0.25, -0.2) is 9.32 Å². The molecule has 2 heterocycles. The average Bonchev–Trinajstić information content (AvgIpc) is 3.04. The first-order chi connectivity index (χ1) is 12.1. The second-order valence-electron chi connectivity index (χ2n) is 5.70. The minimum absolute atomic E-state index is 0.168. The number of H-pyrrole nitrogens is 1. The van der Waals surface area contributed by atoms with Gasteiger partial charge in [0, 0.05) is 11.8 Å². The highest BCUT2D eigenvalue weighted by atomic mass is 31.2. The largest absolute Gasteiger partial charge is 0.656 e. The number of hydrogen-bond donors (Lipinski definition) is 2. The van der Waals surface area contributed by atoms with E-state index >= 15 is 0 Å². The van der Waals surface area contributed by atoms with Crippen LogP contribution in [-0.4, -0.2) is 48.9 Å². The van der Waals surface area contributed by atoms with Crippen LogP contribution in [0.1, 0.15) is 18.7 Å². The molecule has 1 aromatic rings. The number of esters is 1. The predicted octanol–water partition coefficient (Wildman–Crippen LogP) is -1.33. The van der Waals surface area contributed by atoms with Gasteiger partial charge in [-0.15, -0.1) is 0 Å². The summed E-state index contributed by atoms with van der Waals surface area (Å²) in [5.74, 6) is -0.635. The van der Waals surface area contributed by atoms with Crippen molar-refractivity contribution in [3.8, 4) is 0 Å². The van der Waals surface area contributed by atoms with Crippen molar-refractivity contribution in [2.75, 3.05) is 13.7 Å². The Morgan fingerprint density at radius 3 is 2.88 bits per heavy atom. The van der Waals surface area contributed by atoms with Crippen LogP contribution < -0.4 is 21.2 Å². The zero-order chi connectivity index (χ0) is 19.5. The quantitative estimate of drug-likeness (QED) is 0.256. The summed E-state index contributed by atoms with van der Waals surface area (Å²) in [7, 11) is 2.97. The van der Waals surface area contributed by atoms with Crippen LogP contribution in [0.4, 0.5) is 0 Å².